The molecule has 0 aliphatic carbocycles. The van der Waals surface area contributed by atoms with Gasteiger partial charge in [0, 0.05) is 36.3 Å². The van der Waals surface area contributed by atoms with E-state index in [0.717, 1.165) is 18.8 Å². The van der Waals surface area contributed by atoms with Crippen molar-refractivity contribution in [3.63, 3.8) is 0 Å². The van der Waals surface area contributed by atoms with Gasteiger partial charge in [-0.1, -0.05) is 29.8 Å². The van der Waals surface area contributed by atoms with Gasteiger partial charge in [-0.3, -0.25) is 9.36 Å². The molecule has 2 unspecified atom stereocenters. The first-order valence-electron chi connectivity index (χ1n) is 9.50. The first-order chi connectivity index (χ1) is 13.5. The second-order valence-corrected chi connectivity index (χ2v) is 7.67. The minimum absolute atomic E-state index is 0.0803. The predicted octanol–water partition coefficient (Wildman–Crippen LogP) is 2.75. The van der Waals surface area contributed by atoms with Crippen LogP contribution in [0.5, 0.6) is 0 Å². The summed E-state index contributed by atoms with van der Waals surface area (Å²) in [5.74, 6) is 0.396. The highest BCUT2D eigenvalue weighted by molar-refractivity contribution is 5.94. The van der Waals surface area contributed by atoms with E-state index in [2.05, 4.69) is 60.4 Å². The molecule has 1 aliphatic heterocycles. The van der Waals surface area contributed by atoms with Crippen LogP contribution in [0.25, 0.3) is 5.69 Å². The monoisotopic (exact) mass is 375 g/mol. The van der Waals surface area contributed by atoms with Crippen LogP contribution in [0.4, 0.5) is 0 Å². The molecule has 0 N–H and O–H groups in total. The highest BCUT2D eigenvalue weighted by atomic mass is 16.2. The van der Waals surface area contributed by atoms with Gasteiger partial charge in [0.15, 0.2) is 0 Å². The fourth-order valence-electron chi connectivity index (χ4n) is 3.91. The number of benzene rings is 2. The molecule has 28 heavy (non-hydrogen) atoms. The minimum Gasteiger partial charge on any atom is -0.336 e. The topological polar surface area (TPSA) is 54.3 Å². The Bertz CT molecular complexity index is 932. The maximum atomic E-state index is 13.1. The van der Waals surface area contributed by atoms with Gasteiger partial charge in [0.05, 0.1) is 0 Å². The van der Waals surface area contributed by atoms with Crippen molar-refractivity contribution in [3.05, 3.63) is 77.9 Å². The Kier molecular flexibility index (Phi) is 4.96. The Morgan fingerprint density at radius 3 is 2.21 bits per heavy atom. The fraction of sp³-hybridized carbons (Fsp3) is 0.318. The van der Waals surface area contributed by atoms with Crippen molar-refractivity contribution in [1.82, 2.24) is 24.6 Å². The number of amides is 1. The van der Waals surface area contributed by atoms with Crippen LogP contribution in [0.1, 0.15) is 27.4 Å². The van der Waals surface area contributed by atoms with Crippen LogP contribution < -0.4 is 0 Å². The molecule has 6 nitrogen and oxygen atoms in total. The molecule has 1 aromatic heterocycles. The van der Waals surface area contributed by atoms with E-state index in [1.54, 1.807) is 12.7 Å². The molecule has 0 saturated carbocycles. The molecule has 1 amide bonds. The van der Waals surface area contributed by atoms with Gasteiger partial charge in [0.25, 0.3) is 5.91 Å². The Balaban J connectivity index is 1.53. The van der Waals surface area contributed by atoms with E-state index in [9.17, 15) is 4.79 Å². The maximum Gasteiger partial charge on any atom is 0.253 e. The van der Waals surface area contributed by atoms with E-state index in [1.807, 2.05) is 33.7 Å². The fourth-order valence-corrected chi connectivity index (χ4v) is 3.91. The molecule has 0 bridgehead atoms. The van der Waals surface area contributed by atoms with Crippen LogP contribution in [0.3, 0.4) is 0 Å². The first kappa shape index (κ1) is 18.4. The number of likely N-dealkylation sites (tertiary alicyclic amines) is 1. The van der Waals surface area contributed by atoms with Crippen LogP contribution in [-0.4, -0.2) is 63.7 Å². The summed E-state index contributed by atoms with van der Waals surface area (Å²) in [6.07, 6.45) is 3.29. The molecule has 0 spiro atoms. The van der Waals surface area contributed by atoms with Gasteiger partial charge in [0.1, 0.15) is 12.7 Å². The van der Waals surface area contributed by atoms with E-state index in [1.165, 1.54) is 11.1 Å². The summed E-state index contributed by atoms with van der Waals surface area (Å²) in [7, 11) is 4.18. The zero-order valence-electron chi connectivity index (χ0n) is 16.5. The van der Waals surface area contributed by atoms with E-state index in [4.69, 9.17) is 0 Å². The largest absolute Gasteiger partial charge is 0.336 e. The number of nitrogens with zero attached hydrogens (tertiary/aromatic N) is 5. The molecule has 0 radical (unpaired) electrons. The SMILES string of the molecule is Cc1ccc(C2CN(C(=O)c3ccc(-n4cnnc4)cc3)CC2N(C)C)cc1. The first-order valence-corrected chi connectivity index (χ1v) is 9.50. The minimum atomic E-state index is 0.0803. The van der Waals surface area contributed by atoms with Crippen molar-refractivity contribution in [2.24, 2.45) is 0 Å². The Morgan fingerprint density at radius 1 is 0.964 bits per heavy atom. The van der Waals surface area contributed by atoms with E-state index >= 15 is 0 Å². The van der Waals surface area contributed by atoms with Crippen LogP contribution in [0.15, 0.2) is 61.2 Å². The zero-order chi connectivity index (χ0) is 19.7. The van der Waals surface area contributed by atoms with Gasteiger partial charge in [-0.05, 0) is 50.8 Å². The van der Waals surface area contributed by atoms with Gasteiger partial charge in [0.2, 0.25) is 0 Å². The molecule has 144 valence electrons. The number of aryl methyl sites for hydroxylation is 1. The number of likely N-dealkylation sites (N-methyl/N-ethyl adjacent to an activating group) is 1. The predicted molar refractivity (Wildman–Crippen MR) is 109 cm³/mol. The van der Waals surface area contributed by atoms with E-state index in [-0.39, 0.29) is 5.91 Å². The summed E-state index contributed by atoms with van der Waals surface area (Å²) in [6, 6.07) is 16.6. The lowest BCUT2D eigenvalue weighted by molar-refractivity contribution is 0.0782. The van der Waals surface area contributed by atoms with Gasteiger partial charge in [-0.2, -0.15) is 0 Å². The van der Waals surface area contributed by atoms with E-state index in [0.29, 0.717) is 17.5 Å². The highest BCUT2D eigenvalue weighted by Gasteiger charge is 2.37. The maximum absolute atomic E-state index is 13.1. The molecular weight excluding hydrogens is 350 g/mol. The smallest absolute Gasteiger partial charge is 0.253 e. The number of rotatable bonds is 4. The lowest BCUT2D eigenvalue weighted by atomic mass is 9.93. The number of hydrogen-bond acceptors (Lipinski definition) is 4. The molecule has 2 atom stereocenters. The molecule has 1 aliphatic rings. The average Bonchev–Trinajstić information content (AvgIpc) is 3.38. The average molecular weight is 375 g/mol. The van der Waals surface area contributed by atoms with Crippen molar-refractivity contribution < 1.29 is 4.79 Å². The summed E-state index contributed by atoms with van der Waals surface area (Å²) < 4.78 is 1.82. The number of carbonyl (C=O) groups is 1. The van der Waals surface area contributed by atoms with Crippen LogP contribution >= 0.6 is 0 Å². The molecule has 2 heterocycles. The van der Waals surface area contributed by atoms with Crippen molar-refractivity contribution in [3.8, 4) is 5.69 Å². The summed E-state index contributed by atoms with van der Waals surface area (Å²) >= 11 is 0. The molecular formula is C22H25N5O. The summed E-state index contributed by atoms with van der Waals surface area (Å²) in [6.45, 7) is 3.57. The lowest BCUT2D eigenvalue weighted by Gasteiger charge is -2.25. The molecule has 4 rings (SSSR count). The normalized spacial score (nSPS) is 19.4. The Morgan fingerprint density at radius 2 is 1.61 bits per heavy atom. The van der Waals surface area contributed by atoms with Crippen LogP contribution in [0.2, 0.25) is 0 Å². The van der Waals surface area contributed by atoms with Crippen molar-refractivity contribution in [1.29, 1.82) is 0 Å². The zero-order valence-corrected chi connectivity index (χ0v) is 16.5. The Labute approximate surface area is 165 Å². The quantitative estimate of drug-likeness (QED) is 0.704. The van der Waals surface area contributed by atoms with Gasteiger partial charge in [-0.25, -0.2) is 0 Å². The number of aromatic nitrogens is 3. The number of hydrogen-bond donors (Lipinski definition) is 0. The standard InChI is InChI=1S/C22H25N5O/c1-16-4-6-17(7-5-16)20-12-26(13-21(20)25(2)3)22(28)18-8-10-19(11-9-18)27-14-23-24-15-27/h4-11,14-15,20-21H,12-13H2,1-3H3. The van der Waals surface area contributed by atoms with Crippen LogP contribution in [0, 0.1) is 6.92 Å². The third kappa shape index (κ3) is 3.55. The lowest BCUT2D eigenvalue weighted by Crippen LogP contribution is -2.35. The second kappa shape index (κ2) is 7.56. The third-order valence-electron chi connectivity index (χ3n) is 5.58. The molecule has 2 aromatic carbocycles. The number of carbonyl (C=O) groups excluding carboxylic acids is 1. The molecule has 1 fully saturated rings. The summed E-state index contributed by atoms with van der Waals surface area (Å²) in [4.78, 5) is 17.3. The van der Waals surface area contributed by atoms with E-state index < -0.39 is 0 Å². The summed E-state index contributed by atoms with van der Waals surface area (Å²) in [5, 5.41) is 7.64. The molecule has 6 heteroatoms. The van der Waals surface area contributed by atoms with Crippen LogP contribution in [-0.2, 0) is 0 Å². The van der Waals surface area contributed by atoms with Crippen molar-refractivity contribution >= 4 is 5.91 Å². The molecule has 3 aromatic rings. The summed E-state index contributed by atoms with van der Waals surface area (Å²) in [5.41, 5.74) is 4.19. The van der Waals surface area contributed by atoms with Gasteiger partial charge < -0.3 is 9.80 Å². The molecule has 1 saturated heterocycles. The van der Waals surface area contributed by atoms with Gasteiger partial charge in [-0.15, -0.1) is 10.2 Å². The third-order valence-corrected chi connectivity index (χ3v) is 5.58. The van der Waals surface area contributed by atoms with Gasteiger partial charge >= 0.3 is 0 Å². The Hall–Kier alpha value is -2.99. The second-order valence-electron chi connectivity index (χ2n) is 7.67. The van der Waals surface area contributed by atoms with Crippen molar-refractivity contribution in [2.45, 2.75) is 18.9 Å². The highest BCUT2D eigenvalue weighted by Crippen LogP contribution is 2.31. The van der Waals surface area contributed by atoms with Crippen molar-refractivity contribution in [2.75, 3.05) is 27.2 Å².